The number of nitrogens with zero attached hydrogens (tertiary/aromatic N) is 3. The van der Waals surface area contributed by atoms with E-state index in [0.29, 0.717) is 12.2 Å². The molecule has 21 heavy (non-hydrogen) atoms. The van der Waals surface area contributed by atoms with Crippen molar-refractivity contribution < 1.29 is 13.3 Å². The van der Waals surface area contributed by atoms with Gasteiger partial charge in [0, 0.05) is 30.8 Å². The monoisotopic (exact) mass is 327 g/mol. The maximum atomic E-state index is 11.9. The molecule has 7 nitrogen and oxygen atoms in total. The van der Waals surface area contributed by atoms with E-state index in [-0.39, 0.29) is 10.6 Å². The van der Waals surface area contributed by atoms with Gasteiger partial charge in [0.05, 0.1) is 33.3 Å². The van der Waals surface area contributed by atoms with Gasteiger partial charge in [-0.3, -0.25) is 10.1 Å². The molecule has 0 aliphatic carbocycles. The second-order valence-corrected chi connectivity index (χ2v) is 7.22. The van der Waals surface area contributed by atoms with Crippen molar-refractivity contribution in [1.82, 2.24) is 4.98 Å². The molecule has 112 valence electrons. The largest absolute Gasteiger partial charge is 0.368 e. The van der Waals surface area contributed by atoms with Crippen LogP contribution < -0.4 is 4.90 Å². The standard InChI is InChI=1S/C12H13N3O4S2/c1-14(6-9-7-20-8-13-9)11-4-3-10(15(16)17)5-12(11)21(2,18)19/h3-5,7-8H,6H2,1-2H3. The number of hydrogen-bond acceptors (Lipinski definition) is 7. The highest BCUT2D eigenvalue weighted by Crippen LogP contribution is 2.29. The average Bonchev–Trinajstić information content (AvgIpc) is 2.89. The average molecular weight is 327 g/mol. The van der Waals surface area contributed by atoms with Crippen LogP contribution in [0.4, 0.5) is 11.4 Å². The van der Waals surface area contributed by atoms with Crippen molar-refractivity contribution in [3.8, 4) is 0 Å². The fourth-order valence-corrected chi connectivity index (χ4v) is 3.36. The van der Waals surface area contributed by atoms with E-state index in [9.17, 15) is 18.5 Å². The van der Waals surface area contributed by atoms with Crippen LogP contribution in [-0.4, -0.2) is 31.6 Å². The molecule has 0 aliphatic heterocycles. The van der Waals surface area contributed by atoms with Crippen LogP contribution in [0.1, 0.15) is 5.69 Å². The minimum Gasteiger partial charge on any atom is -0.368 e. The van der Waals surface area contributed by atoms with Crippen molar-refractivity contribution in [2.75, 3.05) is 18.2 Å². The summed E-state index contributed by atoms with van der Waals surface area (Å²) in [5, 5.41) is 12.7. The molecule has 0 saturated carbocycles. The third-order valence-corrected chi connectivity index (χ3v) is 4.61. The van der Waals surface area contributed by atoms with Gasteiger partial charge in [0.25, 0.3) is 5.69 Å². The Kier molecular flexibility index (Phi) is 4.24. The molecule has 0 amide bonds. The lowest BCUT2D eigenvalue weighted by Crippen LogP contribution is -2.19. The number of nitro groups is 1. The van der Waals surface area contributed by atoms with Crippen molar-refractivity contribution in [3.63, 3.8) is 0 Å². The van der Waals surface area contributed by atoms with Crippen LogP contribution in [-0.2, 0) is 16.4 Å². The van der Waals surface area contributed by atoms with Crippen LogP contribution in [0.2, 0.25) is 0 Å². The normalized spacial score (nSPS) is 11.3. The zero-order chi connectivity index (χ0) is 15.6. The number of anilines is 1. The minimum absolute atomic E-state index is 0.0607. The van der Waals surface area contributed by atoms with Crippen LogP contribution in [0.3, 0.4) is 0 Å². The molecule has 1 heterocycles. The first kappa shape index (κ1) is 15.4. The second kappa shape index (κ2) is 5.78. The van der Waals surface area contributed by atoms with Gasteiger partial charge in [0.15, 0.2) is 9.84 Å². The number of sulfone groups is 1. The lowest BCUT2D eigenvalue weighted by Gasteiger charge is -2.20. The van der Waals surface area contributed by atoms with E-state index < -0.39 is 14.8 Å². The van der Waals surface area contributed by atoms with Crippen LogP contribution in [0.15, 0.2) is 34.0 Å². The first-order valence-electron chi connectivity index (χ1n) is 5.85. The van der Waals surface area contributed by atoms with Crippen LogP contribution in [0, 0.1) is 10.1 Å². The molecule has 0 N–H and O–H groups in total. The van der Waals surface area contributed by atoms with E-state index in [0.717, 1.165) is 18.0 Å². The molecule has 9 heteroatoms. The van der Waals surface area contributed by atoms with Gasteiger partial charge in [-0.05, 0) is 6.07 Å². The summed E-state index contributed by atoms with van der Waals surface area (Å²) in [6, 6.07) is 3.82. The first-order chi connectivity index (χ1) is 9.79. The van der Waals surface area contributed by atoms with Gasteiger partial charge >= 0.3 is 0 Å². The van der Waals surface area contributed by atoms with Crippen molar-refractivity contribution in [3.05, 3.63) is 44.9 Å². The van der Waals surface area contributed by atoms with Crippen LogP contribution >= 0.6 is 11.3 Å². The molecule has 0 saturated heterocycles. The maximum Gasteiger partial charge on any atom is 0.270 e. The molecule has 0 aliphatic rings. The van der Waals surface area contributed by atoms with Gasteiger partial charge in [0.1, 0.15) is 0 Å². The Labute approximate surface area is 125 Å². The van der Waals surface area contributed by atoms with Crippen molar-refractivity contribution in [2.45, 2.75) is 11.4 Å². The molecule has 0 spiro atoms. The fraction of sp³-hybridized carbons (Fsp3) is 0.250. The first-order valence-corrected chi connectivity index (χ1v) is 8.69. The number of thiazole rings is 1. The van der Waals surface area contributed by atoms with Crippen molar-refractivity contribution in [1.29, 1.82) is 0 Å². The Morgan fingerprint density at radius 3 is 2.67 bits per heavy atom. The Morgan fingerprint density at radius 2 is 2.14 bits per heavy atom. The molecule has 0 radical (unpaired) electrons. The number of benzene rings is 1. The summed E-state index contributed by atoms with van der Waals surface area (Å²) in [5.74, 6) is 0. The number of aromatic nitrogens is 1. The van der Waals surface area contributed by atoms with Crippen molar-refractivity contribution in [2.24, 2.45) is 0 Å². The number of rotatable bonds is 5. The van der Waals surface area contributed by atoms with Gasteiger partial charge in [-0.25, -0.2) is 13.4 Å². The molecule has 0 fully saturated rings. The van der Waals surface area contributed by atoms with E-state index in [1.807, 2.05) is 5.38 Å². The Balaban J connectivity index is 2.45. The fourth-order valence-electron chi connectivity index (χ4n) is 1.87. The zero-order valence-corrected chi connectivity index (χ0v) is 13.0. The topological polar surface area (TPSA) is 93.4 Å². The van der Waals surface area contributed by atoms with Gasteiger partial charge < -0.3 is 4.90 Å². The highest BCUT2D eigenvalue weighted by Gasteiger charge is 2.20. The predicted octanol–water partition coefficient (Wildman–Crippen LogP) is 2.09. The molecule has 0 unspecified atom stereocenters. The molecule has 0 atom stereocenters. The van der Waals surface area contributed by atoms with Gasteiger partial charge in [-0.2, -0.15) is 0 Å². The van der Waals surface area contributed by atoms with Gasteiger partial charge in [0.2, 0.25) is 0 Å². The van der Waals surface area contributed by atoms with Gasteiger partial charge in [-0.1, -0.05) is 0 Å². The zero-order valence-electron chi connectivity index (χ0n) is 11.4. The SMILES string of the molecule is CN(Cc1cscn1)c1ccc([N+](=O)[O-])cc1S(C)(=O)=O. The Bertz CT molecular complexity index is 757. The molecular formula is C12H13N3O4S2. The summed E-state index contributed by atoms with van der Waals surface area (Å²) in [6.07, 6.45) is 1.03. The molecule has 2 aromatic rings. The lowest BCUT2D eigenvalue weighted by atomic mass is 10.2. The van der Waals surface area contributed by atoms with Crippen LogP contribution in [0.5, 0.6) is 0 Å². The molecule has 2 rings (SSSR count). The summed E-state index contributed by atoms with van der Waals surface area (Å²) in [4.78, 5) is 16.0. The summed E-state index contributed by atoms with van der Waals surface area (Å²) >= 11 is 1.45. The number of hydrogen-bond donors (Lipinski definition) is 0. The second-order valence-electron chi connectivity index (χ2n) is 4.52. The summed E-state index contributed by atoms with van der Waals surface area (Å²) in [5.41, 5.74) is 2.66. The third kappa shape index (κ3) is 3.56. The lowest BCUT2D eigenvalue weighted by molar-refractivity contribution is -0.385. The summed E-state index contributed by atoms with van der Waals surface area (Å²) in [7, 11) is -1.86. The van der Waals surface area contributed by atoms with Crippen molar-refractivity contribution >= 4 is 32.5 Å². The maximum absolute atomic E-state index is 11.9. The van der Waals surface area contributed by atoms with E-state index >= 15 is 0 Å². The van der Waals surface area contributed by atoms with E-state index in [2.05, 4.69) is 4.98 Å². The highest BCUT2D eigenvalue weighted by atomic mass is 32.2. The van der Waals surface area contributed by atoms with E-state index in [1.54, 1.807) is 17.5 Å². The summed E-state index contributed by atoms with van der Waals surface area (Å²) < 4.78 is 23.7. The molecule has 1 aromatic heterocycles. The highest BCUT2D eigenvalue weighted by molar-refractivity contribution is 7.90. The molecular weight excluding hydrogens is 314 g/mol. The number of non-ortho nitro benzene ring substituents is 1. The quantitative estimate of drug-likeness (QED) is 0.616. The van der Waals surface area contributed by atoms with Gasteiger partial charge in [-0.15, -0.1) is 11.3 Å². The smallest absolute Gasteiger partial charge is 0.270 e. The van der Waals surface area contributed by atoms with E-state index in [1.165, 1.54) is 23.5 Å². The summed E-state index contributed by atoms with van der Waals surface area (Å²) in [6.45, 7) is 0.420. The predicted molar refractivity (Wildman–Crippen MR) is 80.4 cm³/mol. The molecule has 1 aromatic carbocycles. The Hall–Kier alpha value is -2.00. The minimum atomic E-state index is -3.58. The third-order valence-electron chi connectivity index (χ3n) is 2.85. The molecule has 0 bridgehead atoms. The van der Waals surface area contributed by atoms with E-state index in [4.69, 9.17) is 0 Å². The van der Waals surface area contributed by atoms with Crippen LogP contribution in [0.25, 0.3) is 0 Å². The Morgan fingerprint density at radius 1 is 1.43 bits per heavy atom. The number of nitro benzene ring substituents is 1.